The maximum Gasteiger partial charge on any atom is 0.387 e. The maximum absolute atomic E-state index is 12.9. The largest absolute Gasteiger partial charge is 0.435 e. The van der Waals surface area contributed by atoms with E-state index in [4.69, 9.17) is 11.6 Å². The SMILES string of the molecule is CP(C)(=O)c1cc(OC(F)F)ccc1Nc1nc(Nc2ccc3c(c2)CC[C@H](N2CC4CC2C4)CC3)ncc1Cl. The lowest BCUT2D eigenvalue weighted by Gasteiger charge is -2.32. The van der Waals surface area contributed by atoms with Crippen molar-refractivity contribution in [2.24, 2.45) is 5.92 Å². The number of alkyl halides is 2. The topological polar surface area (TPSA) is 79.4 Å². The number of halogens is 3. The van der Waals surface area contributed by atoms with E-state index in [2.05, 4.69) is 48.4 Å². The molecule has 4 aliphatic rings. The summed E-state index contributed by atoms with van der Waals surface area (Å²) in [7, 11) is -2.87. The van der Waals surface area contributed by atoms with Crippen molar-refractivity contribution in [1.29, 1.82) is 0 Å². The van der Waals surface area contributed by atoms with Crippen molar-refractivity contribution < 1.29 is 18.1 Å². The van der Waals surface area contributed by atoms with Crippen LogP contribution in [0.2, 0.25) is 5.02 Å². The second kappa shape index (κ2) is 10.9. The third-order valence-corrected chi connectivity index (χ3v) is 10.2. The van der Waals surface area contributed by atoms with Crippen molar-refractivity contribution in [1.82, 2.24) is 14.9 Å². The molecule has 2 aromatic carbocycles. The van der Waals surface area contributed by atoms with Crippen LogP contribution in [-0.2, 0) is 17.4 Å². The third-order valence-electron chi connectivity index (χ3n) is 8.35. The van der Waals surface area contributed by atoms with Crippen molar-refractivity contribution >= 4 is 47.2 Å². The highest BCUT2D eigenvalue weighted by atomic mass is 35.5. The highest BCUT2D eigenvalue weighted by Gasteiger charge is 2.45. The molecule has 2 saturated heterocycles. The van der Waals surface area contributed by atoms with E-state index in [1.807, 2.05) is 0 Å². The lowest BCUT2D eigenvalue weighted by Crippen LogP contribution is -2.37. The third kappa shape index (κ3) is 5.83. The molecule has 7 rings (SSSR count). The van der Waals surface area contributed by atoms with Gasteiger partial charge in [0.1, 0.15) is 17.9 Å². The first kappa shape index (κ1) is 27.4. The average Bonchev–Trinajstić information content (AvgIpc) is 3.42. The molecule has 3 fully saturated rings. The Morgan fingerprint density at radius 3 is 2.52 bits per heavy atom. The number of hydrogen-bond acceptors (Lipinski definition) is 7. The van der Waals surface area contributed by atoms with Gasteiger partial charge in [-0.15, -0.1) is 0 Å². The van der Waals surface area contributed by atoms with Gasteiger partial charge in [-0.25, -0.2) is 4.98 Å². The first-order valence-electron chi connectivity index (χ1n) is 13.7. The lowest BCUT2D eigenvalue weighted by molar-refractivity contribution is -0.0497. The van der Waals surface area contributed by atoms with Crippen LogP contribution in [0, 0.1) is 5.92 Å². The first-order chi connectivity index (χ1) is 19.1. The van der Waals surface area contributed by atoms with Crippen LogP contribution in [0.3, 0.4) is 0 Å². The molecule has 1 aromatic heterocycles. The minimum Gasteiger partial charge on any atom is -0.435 e. The van der Waals surface area contributed by atoms with Gasteiger partial charge in [0.05, 0.1) is 11.9 Å². The van der Waals surface area contributed by atoms with E-state index >= 15 is 0 Å². The molecule has 0 spiro atoms. The summed E-state index contributed by atoms with van der Waals surface area (Å²) >= 11 is 6.40. The van der Waals surface area contributed by atoms with Crippen molar-refractivity contribution in [2.45, 2.75) is 57.2 Å². The van der Waals surface area contributed by atoms with Crippen LogP contribution in [0.5, 0.6) is 5.75 Å². The van der Waals surface area contributed by atoms with Crippen LogP contribution in [-0.4, -0.2) is 53.4 Å². The second-order valence-corrected chi connectivity index (χ2v) is 15.0. The number of nitrogens with one attached hydrogen (secondary N) is 2. The Hall–Kier alpha value is -2.74. The number of rotatable bonds is 8. The van der Waals surface area contributed by atoms with Gasteiger partial charge in [-0.2, -0.15) is 13.8 Å². The fraction of sp³-hybridized carbons (Fsp3) is 0.448. The quantitative estimate of drug-likeness (QED) is 0.221. The standard InChI is InChI=1S/C29H33ClF2N5O2P/c1-40(2,38)26-14-23(39-28(31)32)9-10-25(26)35-27-24(30)15-33-29(36-27)34-20-6-3-18-4-7-21(8-5-19(18)13-20)37-16-17-11-22(37)12-17/h3,6,9-10,13-15,17,21-22,28H,4-5,7-8,11-12,16H2,1-2H3,(H2,33,34,35,36)/t17?,21-,22?/m1/s1. The van der Waals surface area contributed by atoms with Crippen molar-refractivity contribution in [3.63, 3.8) is 0 Å². The molecule has 0 unspecified atom stereocenters. The van der Waals surface area contributed by atoms with Gasteiger partial charge >= 0.3 is 6.61 Å². The summed E-state index contributed by atoms with van der Waals surface area (Å²) in [6.45, 7) is 1.42. The molecule has 2 aliphatic carbocycles. The van der Waals surface area contributed by atoms with Crippen LogP contribution >= 0.6 is 18.7 Å². The van der Waals surface area contributed by atoms with Gasteiger partial charge in [0.2, 0.25) is 5.95 Å². The number of anilines is 4. The normalized spacial score (nSPS) is 22.4. The molecule has 7 nitrogen and oxygen atoms in total. The van der Waals surface area contributed by atoms with Gasteiger partial charge in [-0.3, -0.25) is 4.90 Å². The summed E-state index contributed by atoms with van der Waals surface area (Å²) in [5.74, 6) is 1.52. The molecular weight excluding hydrogens is 555 g/mol. The molecule has 1 saturated carbocycles. The molecule has 2 N–H and O–H groups in total. The fourth-order valence-electron chi connectivity index (χ4n) is 6.33. The molecule has 2 aliphatic heterocycles. The van der Waals surface area contributed by atoms with E-state index in [0.29, 0.717) is 28.8 Å². The minimum atomic E-state index is -2.98. The molecular formula is C29H33ClF2N5O2P. The Balaban J connectivity index is 1.18. The average molecular weight is 588 g/mol. The molecule has 3 heterocycles. The number of aryl methyl sites for hydroxylation is 2. The smallest absolute Gasteiger partial charge is 0.387 e. The molecule has 11 heteroatoms. The van der Waals surface area contributed by atoms with Gasteiger partial charge in [-0.05, 0) is 99.2 Å². The zero-order valence-electron chi connectivity index (χ0n) is 22.5. The molecule has 2 bridgehead atoms. The van der Waals surface area contributed by atoms with Gasteiger partial charge in [-0.1, -0.05) is 17.7 Å². The van der Waals surface area contributed by atoms with Crippen LogP contribution in [0.1, 0.15) is 36.8 Å². The second-order valence-electron chi connectivity index (χ2n) is 11.5. The Bertz CT molecular complexity index is 1460. The summed E-state index contributed by atoms with van der Waals surface area (Å²) in [6.07, 6.45) is 8.84. The molecule has 0 amide bonds. The predicted octanol–water partition coefficient (Wildman–Crippen LogP) is 6.81. The van der Waals surface area contributed by atoms with Crippen molar-refractivity contribution in [3.8, 4) is 5.75 Å². The van der Waals surface area contributed by atoms with Crippen molar-refractivity contribution in [3.05, 3.63) is 58.7 Å². The van der Waals surface area contributed by atoms with E-state index in [-0.39, 0.29) is 10.8 Å². The molecule has 0 radical (unpaired) electrons. The highest BCUT2D eigenvalue weighted by Crippen LogP contribution is 2.44. The number of aromatic nitrogens is 2. The summed E-state index contributed by atoms with van der Waals surface area (Å²) in [6, 6.07) is 12.2. The fourth-order valence-corrected chi connectivity index (χ4v) is 7.61. The summed E-state index contributed by atoms with van der Waals surface area (Å²) < 4.78 is 42.9. The predicted molar refractivity (Wildman–Crippen MR) is 156 cm³/mol. The van der Waals surface area contributed by atoms with E-state index in [1.54, 1.807) is 13.3 Å². The number of benzene rings is 2. The van der Waals surface area contributed by atoms with Crippen LogP contribution in [0.25, 0.3) is 0 Å². The summed E-state index contributed by atoms with van der Waals surface area (Å²) in [5.41, 5.74) is 4.12. The van der Waals surface area contributed by atoms with Crippen LogP contribution < -0.4 is 20.7 Å². The number of ether oxygens (including phenoxy) is 1. The molecule has 1 atom stereocenters. The van der Waals surface area contributed by atoms with Gasteiger partial charge in [0.25, 0.3) is 0 Å². The Morgan fingerprint density at radius 2 is 1.82 bits per heavy atom. The van der Waals surface area contributed by atoms with Gasteiger partial charge in [0.15, 0.2) is 5.82 Å². The Labute approximate surface area is 238 Å². The van der Waals surface area contributed by atoms with Crippen LogP contribution in [0.4, 0.5) is 31.9 Å². The Morgan fingerprint density at radius 1 is 1.05 bits per heavy atom. The number of nitrogens with zero attached hydrogens (tertiary/aromatic N) is 3. The van der Waals surface area contributed by atoms with Crippen LogP contribution in [0.15, 0.2) is 42.6 Å². The highest BCUT2D eigenvalue weighted by molar-refractivity contribution is 7.70. The monoisotopic (exact) mass is 587 g/mol. The number of fused-ring (bicyclic) bond motifs is 2. The van der Waals surface area contributed by atoms with Gasteiger partial charge in [0, 0.05) is 29.6 Å². The Kier molecular flexibility index (Phi) is 7.49. The molecule has 212 valence electrons. The van der Waals surface area contributed by atoms with E-state index < -0.39 is 13.8 Å². The lowest BCUT2D eigenvalue weighted by atomic mass is 9.86. The zero-order chi connectivity index (χ0) is 28.0. The summed E-state index contributed by atoms with van der Waals surface area (Å²) in [4.78, 5) is 11.7. The molecule has 3 aromatic rings. The van der Waals surface area contributed by atoms with Crippen molar-refractivity contribution in [2.75, 3.05) is 30.5 Å². The minimum absolute atomic E-state index is 0.0673. The zero-order valence-corrected chi connectivity index (χ0v) is 24.2. The number of hydrogen-bond donors (Lipinski definition) is 2. The van der Waals surface area contributed by atoms with E-state index in [9.17, 15) is 13.3 Å². The summed E-state index contributed by atoms with van der Waals surface area (Å²) in [5, 5.41) is 7.02. The van der Waals surface area contributed by atoms with E-state index in [1.165, 1.54) is 67.8 Å². The first-order valence-corrected chi connectivity index (χ1v) is 16.7. The van der Waals surface area contributed by atoms with Gasteiger partial charge < -0.3 is 19.9 Å². The maximum atomic E-state index is 12.9. The van der Waals surface area contributed by atoms with E-state index in [0.717, 1.165) is 30.5 Å². The molecule has 40 heavy (non-hydrogen) atoms.